The van der Waals surface area contributed by atoms with E-state index in [-0.39, 0.29) is 41.0 Å². The minimum atomic E-state index is -1.77. The molecule has 0 saturated carbocycles. The summed E-state index contributed by atoms with van der Waals surface area (Å²) >= 11 is 0.163. The molecule has 18 heavy (non-hydrogen) atoms. The van der Waals surface area contributed by atoms with E-state index in [9.17, 15) is 19.8 Å². The number of aldehydes is 1. The van der Waals surface area contributed by atoms with Crippen molar-refractivity contribution < 1.29 is 60.8 Å². The second kappa shape index (κ2) is 10.9. The molecule has 0 fully saturated rings. The first kappa shape index (κ1) is 20.3. The molecular formula is C8H14AuO8S. The van der Waals surface area contributed by atoms with Gasteiger partial charge in [-0.05, 0) is 0 Å². The van der Waals surface area contributed by atoms with Crippen molar-refractivity contribution in [1.29, 1.82) is 0 Å². The number of aliphatic hydroxyl groups is 4. The molecule has 8 nitrogen and oxygen atoms in total. The topological polar surface area (TPSA) is 134 Å². The minimum Gasteiger partial charge on any atom is -0.394 e. The van der Waals surface area contributed by atoms with Gasteiger partial charge in [0, 0.05) is 29.3 Å². The normalized spacial score (nSPS) is 16.9. The van der Waals surface area contributed by atoms with Gasteiger partial charge in [-0.2, -0.15) is 0 Å². The number of hydrogen-bond acceptors (Lipinski definition) is 9. The Kier molecular flexibility index (Phi) is 12.3. The molecule has 0 amide bonds. The van der Waals surface area contributed by atoms with E-state index in [0.29, 0.717) is 0 Å². The molecule has 0 heterocycles. The van der Waals surface area contributed by atoms with Crippen LogP contribution in [0, 0.1) is 0 Å². The second-order valence-corrected chi connectivity index (χ2v) is 3.57. The van der Waals surface area contributed by atoms with E-state index in [1.807, 2.05) is 0 Å². The maximum absolute atomic E-state index is 10.5. The zero-order valence-electron chi connectivity index (χ0n) is 9.23. The van der Waals surface area contributed by atoms with Crippen molar-refractivity contribution >= 4 is 24.6 Å². The Labute approximate surface area is 123 Å². The van der Waals surface area contributed by atoms with E-state index in [1.165, 1.54) is 0 Å². The maximum atomic E-state index is 10.5. The fourth-order valence-corrected chi connectivity index (χ4v) is 1.19. The van der Waals surface area contributed by atoms with Gasteiger partial charge in [0.15, 0.2) is 12.4 Å². The van der Waals surface area contributed by atoms with Crippen LogP contribution in [0.1, 0.15) is 6.92 Å². The molecule has 0 aromatic carbocycles. The van der Waals surface area contributed by atoms with Crippen LogP contribution < -0.4 is 0 Å². The number of rotatable bonds is 8. The summed E-state index contributed by atoms with van der Waals surface area (Å²) in [6.45, 7) is 0.313. The van der Waals surface area contributed by atoms with E-state index < -0.39 is 37.0 Å². The van der Waals surface area contributed by atoms with Gasteiger partial charge in [-0.15, -0.1) is 0 Å². The first-order valence-corrected chi connectivity index (χ1v) is 5.21. The number of hydrogen-bond donors (Lipinski definition) is 4. The predicted octanol–water partition coefficient (Wildman–Crippen LogP) is -2.23. The van der Waals surface area contributed by atoms with Gasteiger partial charge >= 0.3 is 5.97 Å². The Morgan fingerprint density at radius 1 is 1.33 bits per heavy atom. The summed E-state index contributed by atoms with van der Waals surface area (Å²) in [5, 5.41) is 36.3. The van der Waals surface area contributed by atoms with Gasteiger partial charge in [0.1, 0.15) is 18.3 Å². The molecule has 0 bridgehead atoms. The molecule has 0 spiro atoms. The van der Waals surface area contributed by atoms with Crippen molar-refractivity contribution in [2.24, 2.45) is 0 Å². The Hall–Kier alpha value is 0.0303. The molecular weight excluding hydrogens is 453 g/mol. The standard InChI is InChI=1S/C8H14O8S.Au/c1-4(11)15-17-16-6(3-10)8(14)7(13)5(12)2-9;/h3,5-9,12-14H,2H2,1H3;/t5-,6+,7-,8-;/m1./s1. The zero-order chi connectivity index (χ0) is 13.4. The molecule has 1 radical (unpaired) electrons. The molecule has 4 atom stereocenters. The number of carbonyl (C=O) groups is 2. The van der Waals surface area contributed by atoms with Gasteiger partial charge in [-0.25, -0.2) is 0 Å². The Morgan fingerprint density at radius 2 is 1.89 bits per heavy atom. The summed E-state index contributed by atoms with van der Waals surface area (Å²) in [6.07, 6.45) is -6.51. The van der Waals surface area contributed by atoms with Crippen LogP contribution in [0.4, 0.5) is 0 Å². The molecule has 0 rings (SSSR count). The van der Waals surface area contributed by atoms with Crippen LogP contribution in [0.5, 0.6) is 0 Å². The summed E-state index contributed by atoms with van der Waals surface area (Å²) in [4.78, 5) is 20.9. The molecule has 0 aliphatic carbocycles. The van der Waals surface area contributed by atoms with Gasteiger partial charge in [-0.3, -0.25) is 8.98 Å². The van der Waals surface area contributed by atoms with Crippen LogP contribution in [0.15, 0.2) is 0 Å². The smallest absolute Gasteiger partial charge is 0.316 e. The summed E-state index contributed by atoms with van der Waals surface area (Å²) < 4.78 is 8.87. The van der Waals surface area contributed by atoms with Crippen molar-refractivity contribution in [2.45, 2.75) is 31.3 Å². The van der Waals surface area contributed by atoms with Gasteiger partial charge < -0.3 is 29.4 Å². The fourth-order valence-electron chi connectivity index (χ4n) is 0.803. The third-order valence-electron chi connectivity index (χ3n) is 1.70. The molecule has 0 unspecified atom stereocenters. The summed E-state index contributed by atoms with van der Waals surface area (Å²) in [7, 11) is 0. The summed E-state index contributed by atoms with van der Waals surface area (Å²) in [6, 6.07) is 0. The third-order valence-corrected chi connectivity index (χ3v) is 2.31. The largest absolute Gasteiger partial charge is 0.394 e. The quantitative estimate of drug-likeness (QED) is 0.178. The van der Waals surface area contributed by atoms with Crippen molar-refractivity contribution in [1.82, 2.24) is 0 Å². The van der Waals surface area contributed by atoms with Crippen molar-refractivity contribution in [2.75, 3.05) is 6.61 Å². The van der Waals surface area contributed by atoms with E-state index in [4.69, 9.17) is 10.2 Å². The van der Waals surface area contributed by atoms with Crippen LogP contribution >= 0.6 is 12.3 Å². The number of carbonyl (C=O) groups excluding carboxylic acids is 2. The van der Waals surface area contributed by atoms with Crippen LogP contribution in [0.25, 0.3) is 0 Å². The van der Waals surface area contributed by atoms with Crippen LogP contribution in [0.3, 0.4) is 0 Å². The average molecular weight is 467 g/mol. The molecule has 0 aromatic rings. The first-order chi connectivity index (χ1) is 7.93. The van der Waals surface area contributed by atoms with Crippen LogP contribution in [0.2, 0.25) is 0 Å². The molecule has 0 saturated heterocycles. The van der Waals surface area contributed by atoms with Gasteiger partial charge in [0.2, 0.25) is 12.3 Å². The third kappa shape index (κ3) is 7.46. The minimum absolute atomic E-state index is 0. The Bertz CT molecular complexity index is 253. The van der Waals surface area contributed by atoms with E-state index in [0.717, 1.165) is 6.92 Å². The van der Waals surface area contributed by atoms with Gasteiger partial charge in [-0.1, -0.05) is 0 Å². The second-order valence-electron chi connectivity index (χ2n) is 3.07. The van der Waals surface area contributed by atoms with Gasteiger partial charge in [0.05, 0.1) is 6.61 Å². The van der Waals surface area contributed by atoms with E-state index in [2.05, 4.69) is 8.37 Å². The molecule has 0 aliphatic rings. The molecule has 111 valence electrons. The van der Waals surface area contributed by atoms with E-state index in [1.54, 1.807) is 0 Å². The van der Waals surface area contributed by atoms with Crippen molar-refractivity contribution in [3.8, 4) is 0 Å². The zero-order valence-corrected chi connectivity index (χ0v) is 12.2. The molecule has 10 heteroatoms. The maximum Gasteiger partial charge on any atom is 0.316 e. The molecule has 0 aliphatic heterocycles. The SMILES string of the molecule is CC(=O)OSO[C@@H](C=O)[C@@H](O)[C@H](O)[C@H](O)CO.[Au]. The predicted molar refractivity (Wildman–Crippen MR) is 55.4 cm³/mol. The molecule has 0 aromatic heterocycles. The van der Waals surface area contributed by atoms with Crippen molar-refractivity contribution in [3.05, 3.63) is 0 Å². The van der Waals surface area contributed by atoms with Crippen molar-refractivity contribution in [3.63, 3.8) is 0 Å². The van der Waals surface area contributed by atoms with Crippen LogP contribution in [-0.4, -0.2) is 63.7 Å². The summed E-state index contributed by atoms with van der Waals surface area (Å²) in [5.41, 5.74) is 0. The monoisotopic (exact) mass is 467 g/mol. The molecule has 4 N–H and O–H groups in total. The Balaban J connectivity index is 0. The number of aliphatic hydroxyl groups excluding tert-OH is 4. The average Bonchev–Trinajstić information content (AvgIpc) is 2.31. The van der Waals surface area contributed by atoms with E-state index >= 15 is 0 Å². The fraction of sp³-hybridized carbons (Fsp3) is 0.750. The first-order valence-electron chi connectivity index (χ1n) is 4.55. The van der Waals surface area contributed by atoms with Gasteiger partial charge in [0.25, 0.3) is 0 Å². The Morgan fingerprint density at radius 3 is 2.28 bits per heavy atom. The summed E-state index contributed by atoms with van der Waals surface area (Å²) in [5.74, 6) is -0.676. The van der Waals surface area contributed by atoms with Crippen LogP contribution in [-0.2, 0) is 40.3 Å².